The van der Waals surface area contributed by atoms with E-state index in [1.165, 1.54) is 0 Å². The molecule has 1 heterocycles. The van der Waals surface area contributed by atoms with Crippen LogP contribution in [0.4, 0.5) is 0 Å². The number of carbonyl (C=O) groups is 1. The number of nitrogens with one attached hydrogen (secondary N) is 1. The lowest BCUT2D eigenvalue weighted by Gasteiger charge is -2.19. The van der Waals surface area contributed by atoms with Crippen molar-refractivity contribution in [3.63, 3.8) is 0 Å². The van der Waals surface area contributed by atoms with Crippen molar-refractivity contribution in [2.24, 2.45) is 0 Å². The van der Waals surface area contributed by atoms with Gasteiger partial charge in [-0.05, 0) is 31.0 Å². The fourth-order valence-corrected chi connectivity index (χ4v) is 3.20. The summed E-state index contributed by atoms with van der Waals surface area (Å²) in [7, 11) is 1.59. The van der Waals surface area contributed by atoms with Crippen molar-refractivity contribution >= 4 is 16.8 Å². The smallest absolute Gasteiger partial charge is 0.261 e. The van der Waals surface area contributed by atoms with Crippen LogP contribution in [0.2, 0.25) is 0 Å². The lowest BCUT2D eigenvalue weighted by atomic mass is 10.1. The van der Waals surface area contributed by atoms with Crippen molar-refractivity contribution in [2.45, 2.75) is 32.4 Å². The lowest BCUT2D eigenvalue weighted by Crippen LogP contribution is -2.34. The minimum absolute atomic E-state index is 0.0722. The van der Waals surface area contributed by atoms with Gasteiger partial charge in [0.25, 0.3) is 5.56 Å². The summed E-state index contributed by atoms with van der Waals surface area (Å²) in [5.74, 6) is 0.464. The summed E-state index contributed by atoms with van der Waals surface area (Å²) in [6.45, 7) is 2.62. The molecule has 0 aliphatic carbocycles. The average molecular weight is 379 g/mol. The van der Waals surface area contributed by atoms with Crippen LogP contribution in [0, 0.1) is 0 Å². The van der Waals surface area contributed by atoms with Gasteiger partial charge in [-0.15, -0.1) is 0 Å². The molecule has 0 saturated heterocycles. The number of amides is 1. The quantitative estimate of drug-likeness (QED) is 0.653. The highest BCUT2D eigenvalue weighted by Crippen LogP contribution is 2.14. The molecule has 1 atom stereocenters. The van der Waals surface area contributed by atoms with Gasteiger partial charge in [-0.25, -0.2) is 4.98 Å². The van der Waals surface area contributed by atoms with Gasteiger partial charge in [0.1, 0.15) is 5.82 Å². The van der Waals surface area contributed by atoms with E-state index in [-0.39, 0.29) is 11.5 Å². The highest BCUT2D eigenvalue weighted by atomic mass is 16.5. The predicted octanol–water partition coefficient (Wildman–Crippen LogP) is 2.85. The Bertz CT molecular complexity index is 999. The number of aryl methyl sites for hydroxylation is 1. The fourth-order valence-electron chi connectivity index (χ4n) is 3.20. The van der Waals surface area contributed by atoms with Gasteiger partial charge in [0.15, 0.2) is 0 Å². The molecule has 0 saturated carbocycles. The van der Waals surface area contributed by atoms with Crippen LogP contribution in [0.3, 0.4) is 0 Å². The summed E-state index contributed by atoms with van der Waals surface area (Å²) in [6.07, 6.45) is 1.05. The Kier molecular flexibility index (Phi) is 6.55. The molecule has 0 aliphatic rings. The highest BCUT2D eigenvalue weighted by Gasteiger charge is 2.18. The van der Waals surface area contributed by atoms with E-state index in [9.17, 15) is 9.59 Å². The zero-order chi connectivity index (χ0) is 19.9. The van der Waals surface area contributed by atoms with Crippen molar-refractivity contribution in [1.29, 1.82) is 0 Å². The van der Waals surface area contributed by atoms with Crippen molar-refractivity contribution in [3.8, 4) is 0 Å². The van der Waals surface area contributed by atoms with E-state index in [1.807, 2.05) is 55.5 Å². The Morgan fingerprint density at radius 3 is 2.61 bits per heavy atom. The fraction of sp³-hybridized carbons (Fsp3) is 0.318. The predicted molar refractivity (Wildman–Crippen MR) is 109 cm³/mol. The van der Waals surface area contributed by atoms with Crippen LogP contribution in [0.5, 0.6) is 0 Å². The van der Waals surface area contributed by atoms with Gasteiger partial charge >= 0.3 is 0 Å². The molecule has 1 aromatic heterocycles. The monoisotopic (exact) mass is 379 g/mol. The first-order valence-electron chi connectivity index (χ1n) is 9.42. The molecule has 2 aromatic carbocycles. The average Bonchev–Trinajstić information content (AvgIpc) is 2.72. The zero-order valence-electron chi connectivity index (χ0n) is 16.2. The minimum atomic E-state index is -0.391. The maximum atomic E-state index is 12.9. The summed E-state index contributed by atoms with van der Waals surface area (Å²) in [5, 5.41) is 3.53. The number of rotatable bonds is 8. The van der Waals surface area contributed by atoms with Gasteiger partial charge in [-0.1, -0.05) is 42.5 Å². The van der Waals surface area contributed by atoms with E-state index in [4.69, 9.17) is 4.74 Å². The molecule has 0 bridgehead atoms. The number of methoxy groups -OCH3 is 1. The highest BCUT2D eigenvalue weighted by molar-refractivity contribution is 5.78. The number of aromatic nitrogens is 2. The van der Waals surface area contributed by atoms with Crippen molar-refractivity contribution < 1.29 is 9.53 Å². The number of fused-ring (bicyclic) bond motifs is 1. The van der Waals surface area contributed by atoms with E-state index < -0.39 is 6.04 Å². The molecule has 0 radical (unpaired) electrons. The molecule has 1 amide bonds. The van der Waals surface area contributed by atoms with Crippen molar-refractivity contribution in [3.05, 3.63) is 76.3 Å². The second-order valence-corrected chi connectivity index (χ2v) is 6.71. The number of hydrogen-bond acceptors (Lipinski definition) is 4. The first kappa shape index (κ1) is 19.8. The van der Waals surface area contributed by atoms with Crippen LogP contribution in [-0.2, 0) is 22.5 Å². The number of nitrogens with zero attached hydrogens (tertiary/aromatic N) is 2. The third-order valence-corrected chi connectivity index (χ3v) is 4.66. The van der Waals surface area contributed by atoms with Gasteiger partial charge in [0.2, 0.25) is 5.91 Å². The third kappa shape index (κ3) is 4.64. The molecule has 1 N–H and O–H groups in total. The summed E-state index contributed by atoms with van der Waals surface area (Å²) < 4.78 is 6.73. The van der Waals surface area contributed by atoms with E-state index in [2.05, 4.69) is 10.3 Å². The third-order valence-electron chi connectivity index (χ3n) is 4.66. The molecule has 0 aliphatic heterocycles. The van der Waals surface area contributed by atoms with E-state index in [0.29, 0.717) is 42.7 Å². The van der Waals surface area contributed by atoms with Crippen molar-refractivity contribution in [2.75, 3.05) is 13.7 Å². The molecule has 3 rings (SSSR count). The van der Waals surface area contributed by atoms with Gasteiger partial charge in [0, 0.05) is 13.5 Å². The zero-order valence-corrected chi connectivity index (χ0v) is 16.2. The molecule has 3 aromatic rings. The molecule has 0 fully saturated rings. The van der Waals surface area contributed by atoms with Crippen LogP contribution in [0.15, 0.2) is 59.4 Å². The van der Waals surface area contributed by atoms with Gasteiger partial charge < -0.3 is 10.1 Å². The van der Waals surface area contributed by atoms with Crippen LogP contribution < -0.4 is 10.9 Å². The SMILES string of the molecule is COCCn1c([C@H](C)NC(=O)CCc2ccccc2)nc2ccccc2c1=O. The topological polar surface area (TPSA) is 73.2 Å². The molecular formula is C22H25N3O3. The minimum Gasteiger partial charge on any atom is -0.383 e. The Morgan fingerprint density at radius 2 is 1.86 bits per heavy atom. The van der Waals surface area contributed by atoms with Crippen LogP contribution in [-0.4, -0.2) is 29.2 Å². The molecule has 6 heteroatoms. The Balaban J connectivity index is 1.80. The maximum absolute atomic E-state index is 12.9. The summed E-state index contributed by atoms with van der Waals surface area (Å²) >= 11 is 0. The normalized spacial score (nSPS) is 12.1. The summed E-state index contributed by atoms with van der Waals surface area (Å²) in [4.78, 5) is 30.0. The van der Waals surface area contributed by atoms with Crippen LogP contribution in [0.1, 0.15) is 30.8 Å². The number of para-hydroxylation sites is 1. The maximum Gasteiger partial charge on any atom is 0.261 e. The Morgan fingerprint density at radius 1 is 1.14 bits per heavy atom. The largest absolute Gasteiger partial charge is 0.383 e. The number of benzene rings is 2. The first-order chi connectivity index (χ1) is 13.6. The van der Waals surface area contributed by atoms with E-state index in [0.717, 1.165) is 5.56 Å². The molecule has 146 valence electrons. The molecule has 0 unspecified atom stereocenters. The Hall–Kier alpha value is -2.99. The van der Waals surface area contributed by atoms with E-state index in [1.54, 1.807) is 17.7 Å². The lowest BCUT2D eigenvalue weighted by molar-refractivity contribution is -0.121. The van der Waals surface area contributed by atoms with Gasteiger partial charge in [-0.3, -0.25) is 14.2 Å². The number of carbonyl (C=O) groups excluding carboxylic acids is 1. The van der Waals surface area contributed by atoms with Crippen LogP contribution in [0.25, 0.3) is 10.9 Å². The van der Waals surface area contributed by atoms with Crippen LogP contribution >= 0.6 is 0 Å². The molecule has 0 spiro atoms. The summed E-state index contributed by atoms with van der Waals surface area (Å²) in [6, 6.07) is 16.7. The Labute approximate surface area is 164 Å². The first-order valence-corrected chi connectivity index (χ1v) is 9.42. The van der Waals surface area contributed by atoms with Crippen molar-refractivity contribution in [1.82, 2.24) is 14.9 Å². The summed E-state index contributed by atoms with van der Waals surface area (Å²) in [5.41, 5.74) is 1.62. The van der Waals surface area contributed by atoms with E-state index >= 15 is 0 Å². The second-order valence-electron chi connectivity index (χ2n) is 6.71. The van der Waals surface area contributed by atoms with Gasteiger partial charge in [-0.2, -0.15) is 0 Å². The molecular weight excluding hydrogens is 354 g/mol. The standard InChI is InChI=1S/C22H25N3O3/c1-16(23-20(26)13-12-17-8-4-3-5-9-17)21-24-19-11-7-6-10-18(19)22(27)25(21)14-15-28-2/h3-11,16H,12-15H2,1-2H3,(H,23,26)/t16-/m0/s1. The molecule has 6 nitrogen and oxygen atoms in total. The number of ether oxygens (including phenoxy) is 1. The number of hydrogen-bond donors (Lipinski definition) is 1. The van der Waals surface area contributed by atoms with Gasteiger partial charge in [0.05, 0.1) is 30.1 Å². The molecule has 28 heavy (non-hydrogen) atoms. The second kappa shape index (κ2) is 9.28.